The summed E-state index contributed by atoms with van der Waals surface area (Å²) >= 11 is 0. The van der Waals surface area contributed by atoms with Gasteiger partial charge in [0.05, 0.1) is 6.61 Å². The zero-order chi connectivity index (χ0) is 25.6. The molecule has 2 aliphatic rings. The number of piperidine rings is 2. The van der Waals surface area contributed by atoms with Crippen LogP contribution in [0, 0.1) is 0 Å². The molecular formula is C26H38N4O5S. The van der Waals surface area contributed by atoms with Gasteiger partial charge in [0, 0.05) is 44.6 Å². The Kier molecular flexibility index (Phi) is 8.71. The number of rotatable bonds is 10. The second-order valence-corrected chi connectivity index (χ2v) is 12.1. The quantitative estimate of drug-likeness (QED) is 0.253. The first-order valence-electron chi connectivity index (χ1n) is 12.9. The lowest BCUT2D eigenvalue weighted by Crippen LogP contribution is -2.62. The van der Waals surface area contributed by atoms with Crippen molar-refractivity contribution in [3.05, 3.63) is 53.9 Å². The van der Waals surface area contributed by atoms with E-state index in [0.717, 1.165) is 24.3 Å². The average molecular weight is 519 g/mol. The smallest absolute Gasteiger partial charge is 0.266 e. The fourth-order valence-electron chi connectivity index (χ4n) is 5.33. The highest BCUT2D eigenvalue weighted by molar-refractivity contribution is 7.91. The number of likely N-dealkylation sites (tertiary alicyclic amines) is 1. The molecule has 198 valence electrons. The molecule has 2 aliphatic heterocycles. The highest BCUT2D eigenvalue weighted by Gasteiger charge is 2.55. The summed E-state index contributed by atoms with van der Waals surface area (Å²) in [5.41, 5.74) is 3.88. The molecule has 9 nitrogen and oxygen atoms in total. The molecule has 0 radical (unpaired) electrons. The minimum absolute atomic E-state index is 0.141. The zero-order valence-corrected chi connectivity index (χ0v) is 21.8. The fraction of sp³-hybridized carbons (Fsp3) is 0.577. The van der Waals surface area contributed by atoms with Gasteiger partial charge in [-0.1, -0.05) is 25.5 Å². The third-order valence-corrected chi connectivity index (χ3v) is 10.3. The summed E-state index contributed by atoms with van der Waals surface area (Å²) in [5.74, 6) is 0.279. The SMILES string of the molecule is CCCCOc1ccc(C2CCN(S(=O)(=O)C3(C(=O)NO)CCN(Cc4ccc[nH]4)CC3)CC2)cc1. The third kappa shape index (κ3) is 5.61. The number of hydroxylamine groups is 1. The van der Waals surface area contributed by atoms with E-state index in [9.17, 15) is 18.4 Å². The third-order valence-electron chi connectivity index (χ3n) is 7.64. The summed E-state index contributed by atoms with van der Waals surface area (Å²) in [6.07, 6.45) is 5.62. The van der Waals surface area contributed by atoms with E-state index in [4.69, 9.17) is 4.74 Å². The van der Waals surface area contributed by atoms with Crippen LogP contribution in [0.25, 0.3) is 0 Å². The van der Waals surface area contributed by atoms with Crippen LogP contribution in [0.5, 0.6) is 5.75 Å². The summed E-state index contributed by atoms with van der Waals surface area (Å²) in [7, 11) is -3.96. The number of nitrogens with zero attached hydrogens (tertiary/aromatic N) is 2. The Hall–Kier alpha value is -2.40. The molecule has 2 saturated heterocycles. The van der Waals surface area contributed by atoms with Crippen LogP contribution >= 0.6 is 0 Å². The summed E-state index contributed by atoms with van der Waals surface area (Å²) in [5, 5.41) is 9.46. The number of carbonyl (C=O) groups excluding carboxylic acids is 1. The predicted octanol–water partition coefficient (Wildman–Crippen LogP) is 3.24. The molecule has 10 heteroatoms. The van der Waals surface area contributed by atoms with E-state index in [-0.39, 0.29) is 18.8 Å². The van der Waals surface area contributed by atoms with Crippen molar-refractivity contribution in [1.29, 1.82) is 0 Å². The van der Waals surface area contributed by atoms with E-state index in [1.165, 1.54) is 9.87 Å². The van der Waals surface area contributed by atoms with Gasteiger partial charge >= 0.3 is 0 Å². The van der Waals surface area contributed by atoms with Crippen molar-refractivity contribution in [3.63, 3.8) is 0 Å². The minimum Gasteiger partial charge on any atom is -0.494 e. The van der Waals surface area contributed by atoms with Crippen molar-refractivity contribution in [3.8, 4) is 5.75 Å². The Morgan fingerprint density at radius 3 is 2.42 bits per heavy atom. The number of H-pyrrole nitrogens is 1. The van der Waals surface area contributed by atoms with Gasteiger partial charge in [-0.25, -0.2) is 18.2 Å². The maximum Gasteiger partial charge on any atom is 0.266 e. The highest BCUT2D eigenvalue weighted by atomic mass is 32.2. The number of hydrogen-bond acceptors (Lipinski definition) is 6. The Bertz CT molecular complexity index is 1070. The molecule has 4 rings (SSSR count). The number of benzene rings is 1. The van der Waals surface area contributed by atoms with Crippen LogP contribution in [-0.4, -0.2) is 71.3 Å². The van der Waals surface area contributed by atoms with Gasteiger partial charge in [0.25, 0.3) is 5.91 Å². The molecular weight excluding hydrogens is 480 g/mol. The van der Waals surface area contributed by atoms with E-state index < -0.39 is 20.7 Å². The van der Waals surface area contributed by atoms with Crippen molar-refractivity contribution in [2.24, 2.45) is 0 Å². The number of unbranched alkanes of at least 4 members (excludes halogenated alkanes) is 1. The molecule has 0 bridgehead atoms. The first-order chi connectivity index (χ1) is 17.4. The minimum atomic E-state index is -3.96. The van der Waals surface area contributed by atoms with E-state index >= 15 is 0 Å². The van der Waals surface area contributed by atoms with E-state index in [1.54, 1.807) is 5.48 Å². The molecule has 0 unspecified atom stereocenters. The van der Waals surface area contributed by atoms with Crippen molar-refractivity contribution >= 4 is 15.9 Å². The molecule has 0 aliphatic carbocycles. The first kappa shape index (κ1) is 26.7. The number of carbonyl (C=O) groups is 1. The number of hydrogen-bond donors (Lipinski definition) is 3. The average Bonchev–Trinajstić information content (AvgIpc) is 3.42. The van der Waals surface area contributed by atoms with Gasteiger partial charge in [0.15, 0.2) is 4.75 Å². The summed E-state index contributed by atoms with van der Waals surface area (Å²) in [6, 6.07) is 12.0. The van der Waals surface area contributed by atoms with Crippen molar-refractivity contribution in [2.45, 2.75) is 62.7 Å². The monoisotopic (exact) mass is 518 g/mol. The van der Waals surface area contributed by atoms with Gasteiger partial charge in [0.1, 0.15) is 5.75 Å². The number of aromatic amines is 1. The maximum atomic E-state index is 13.8. The van der Waals surface area contributed by atoms with Gasteiger partial charge in [0.2, 0.25) is 10.0 Å². The summed E-state index contributed by atoms with van der Waals surface area (Å²) < 4.78 is 33.2. The fourth-order valence-corrected chi connectivity index (χ4v) is 7.49. The molecule has 2 aromatic rings. The topological polar surface area (TPSA) is 115 Å². The molecule has 0 atom stereocenters. The lowest BCUT2D eigenvalue weighted by Gasteiger charge is -2.43. The van der Waals surface area contributed by atoms with Crippen molar-refractivity contribution < 1.29 is 23.2 Å². The second-order valence-electron chi connectivity index (χ2n) is 9.86. The van der Waals surface area contributed by atoms with Gasteiger partial charge in [-0.3, -0.25) is 14.9 Å². The van der Waals surface area contributed by atoms with E-state index in [1.807, 2.05) is 30.5 Å². The standard InChI is InChI=1S/C26H38N4O5S/c1-2-3-19-35-24-8-6-21(7-9-24)22-10-15-30(16-11-22)36(33,34)26(25(31)28-32)12-17-29(18-13-26)20-23-5-4-14-27-23/h4-9,14,22,27,32H,2-3,10-13,15-20H2,1H3,(H,28,31). The van der Waals surface area contributed by atoms with E-state index in [0.29, 0.717) is 52.2 Å². The molecule has 2 fully saturated rings. The lowest BCUT2D eigenvalue weighted by molar-refractivity contribution is -0.133. The summed E-state index contributed by atoms with van der Waals surface area (Å²) in [4.78, 5) is 18.1. The Morgan fingerprint density at radius 1 is 1.14 bits per heavy atom. The molecule has 0 saturated carbocycles. The van der Waals surface area contributed by atoms with Crippen LogP contribution in [0.1, 0.15) is 62.6 Å². The maximum absolute atomic E-state index is 13.8. The van der Waals surface area contributed by atoms with Crippen LogP contribution in [-0.2, 0) is 21.4 Å². The number of aromatic nitrogens is 1. The first-order valence-corrected chi connectivity index (χ1v) is 14.4. The number of nitrogens with one attached hydrogen (secondary N) is 2. The number of sulfonamides is 1. The number of amides is 1. The highest BCUT2D eigenvalue weighted by Crippen LogP contribution is 2.37. The van der Waals surface area contributed by atoms with Gasteiger partial charge in [-0.05, 0) is 67.9 Å². The van der Waals surface area contributed by atoms with Gasteiger partial charge in [-0.15, -0.1) is 0 Å². The Labute approximate surface area is 213 Å². The molecule has 36 heavy (non-hydrogen) atoms. The lowest BCUT2D eigenvalue weighted by atomic mass is 9.90. The molecule has 1 amide bonds. The largest absolute Gasteiger partial charge is 0.494 e. The molecule has 1 aromatic heterocycles. The van der Waals surface area contributed by atoms with Crippen LogP contribution in [0.4, 0.5) is 0 Å². The van der Waals surface area contributed by atoms with Crippen molar-refractivity contribution in [2.75, 3.05) is 32.8 Å². The zero-order valence-electron chi connectivity index (χ0n) is 21.0. The second kappa shape index (κ2) is 11.8. The predicted molar refractivity (Wildman–Crippen MR) is 137 cm³/mol. The van der Waals surface area contributed by atoms with E-state index in [2.05, 4.69) is 28.9 Å². The van der Waals surface area contributed by atoms with Crippen LogP contribution in [0.15, 0.2) is 42.6 Å². The van der Waals surface area contributed by atoms with Gasteiger partial charge in [-0.2, -0.15) is 0 Å². The normalized spacial score (nSPS) is 19.7. The molecule has 0 spiro atoms. The van der Waals surface area contributed by atoms with Crippen LogP contribution < -0.4 is 10.2 Å². The van der Waals surface area contributed by atoms with Crippen LogP contribution in [0.2, 0.25) is 0 Å². The number of ether oxygens (including phenoxy) is 1. The molecule has 1 aromatic carbocycles. The van der Waals surface area contributed by atoms with Gasteiger partial charge < -0.3 is 9.72 Å². The Morgan fingerprint density at radius 2 is 1.83 bits per heavy atom. The van der Waals surface area contributed by atoms with Crippen LogP contribution in [0.3, 0.4) is 0 Å². The summed E-state index contributed by atoms with van der Waals surface area (Å²) in [6.45, 7) is 5.12. The van der Waals surface area contributed by atoms with Crippen molar-refractivity contribution in [1.82, 2.24) is 19.7 Å². The molecule has 3 heterocycles. The molecule has 3 N–H and O–H groups in total. The Balaban J connectivity index is 1.39.